The van der Waals surface area contributed by atoms with E-state index in [0.717, 1.165) is 14.9 Å². The van der Waals surface area contributed by atoms with Crippen molar-refractivity contribution in [2.45, 2.75) is 6.92 Å². The van der Waals surface area contributed by atoms with Gasteiger partial charge in [0, 0.05) is 10.0 Å². The first kappa shape index (κ1) is 22.5. The average molecular weight is 530 g/mol. The van der Waals surface area contributed by atoms with Gasteiger partial charge in [-0.1, -0.05) is 27.5 Å². The summed E-state index contributed by atoms with van der Waals surface area (Å²) in [6.45, 7) is 1.80. The number of nitrogens with zero attached hydrogens (tertiary/aromatic N) is 1. The summed E-state index contributed by atoms with van der Waals surface area (Å²) in [6, 6.07) is 11.2. The maximum absolute atomic E-state index is 13.0. The number of aromatic carboxylic acids is 1. The fourth-order valence-electron chi connectivity index (χ4n) is 3.22. The summed E-state index contributed by atoms with van der Waals surface area (Å²) in [5.41, 5.74) is 1.15. The number of nitrogens with one attached hydrogen (secondary N) is 1. The molecule has 0 saturated carbocycles. The minimum absolute atomic E-state index is 0.0199. The molecule has 2 heterocycles. The second kappa shape index (κ2) is 8.68. The first-order valence-corrected chi connectivity index (χ1v) is 10.6. The number of benzene rings is 2. The number of imide groups is 2. The first-order chi connectivity index (χ1) is 15.7. The van der Waals surface area contributed by atoms with Crippen molar-refractivity contribution in [2.24, 2.45) is 0 Å². The number of furan rings is 1. The van der Waals surface area contributed by atoms with Crippen LogP contribution in [0, 0.1) is 6.92 Å². The number of carbonyl (C=O) groups excluding carboxylic acids is 3. The number of carboxylic acids is 1. The van der Waals surface area contributed by atoms with E-state index in [1.807, 2.05) is 0 Å². The Morgan fingerprint density at radius 1 is 1.12 bits per heavy atom. The van der Waals surface area contributed by atoms with Gasteiger partial charge in [0.05, 0.1) is 16.3 Å². The van der Waals surface area contributed by atoms with E-state index < -0.39 is 23.8 Å². The molecule has 4 rings (SSSR count). The van der Waals surface area contributed by atoms with E-state index in [9.17, 15) is 24.3 Å². The summed E-state index contributed by atoms with van der Waals surface area (Å²) in [6.07, 6.45) is 1.21. The highest BCUT2D eigenvalue weighted by Crippen LogP contribution is 2.32. The van der Waals surface area contributed by atoms with Crippen molar-refractivity contribution in [3.8, 4) is 11.3 Å². The average Bonchev–Trinajstić information content (AvgIpc) is 3.22. The lowest BCUT2D eigenvalue weighted by atomic mass is 10.1. The van der Waals surface area contributed by atoms with Gasteiger partial charge < -0.3 is 9.52 Å². The fourth-order valence-corrected chi connectivity index (χ4v) is 3.68. The number of rotatable bonds is 4. The molecule has 0 aliphatic carbocycles. The molecular formula is C23H14BrClN2O6. The SMILES string of the molecule is Cc1cc(N2C(=O)NC(=O)/C(=C\c3ccc(-c4cc(C(=O)O)ccc4Cl)o3)C2=O)ccc1Br. The standard InChI is InChI=1S/C23H14BrClN2O6/c1-11-8-13(3-5-17(11)24)27-21(29)16(20(28)26-23(27)32)10-14-4-7-19(33-14)15-9-12(22(30)31)2-6-18(15)25/h2-10H,1H3,(H,30,31)(H,26,28,32)/b16-10+. The summed E-state index contributed by atoms with van der Waals surface area (Å²) in [7, 11) is 0. The minimum Gasteiger partial charge on any atom is -0.478 e. The third kappa shape index (κ3) is 4.33. The Morgan fingerprint density at radius 2 is 1.88 bits per heavy atom. The number of hydrogen-bond donors (Lipinski definition) is 2. The van der Waals surface area contributed by atoms with Crippen LogP contribution in [0.15, 0.2) is 63.0 Å². The molecule has 0 bridgehead atoms. The van der Waals surface area contributed by atoms with Crippen molar-refractivity contribution in [3.63, 3.8) is 0 Å². The molecule has 166 valence electrons. The molecule has 0 unspecified atom stereocenters. The van der Waals surface area contributed by atoms with E-state index in [4.69, 9.17) is 16.0 Å². The maximum Gasteiger partial charge on any atom is 0.335 e. The summed E-state index contributed by atoms with van der Waals surface area (Å²) in [4.78, 5) is 49.9. The molecule has 0 radical (unpaired) electrons. The number of amides is 4. The zero-order valence-corrected chi connectivity index (χ0v) is 19.2. The molecule has 33 heavy (non-hydrogen) atoms. The van der Waals surface area contributed by atoms with Gasteiger partial charge in [0.2, 0.25) is 0 Å². The van der Waals surface area contributed by atoms with Crippen LogP contribution in [0.4, 0.5) is 10.5 Å². The van der Waals surface area contributed by atoms with Crippen molar-refractivity contribution < 1.29 is 28.7 Å². The summed E-state index contributed by atoms with van der Waals surface area (Å²) in [5.74, 6) is -2.41. The molecule has 0 atom stereocenters. The van der Waals surface area contributed by atoms with Gasteiger partial charge in [-0.25, -0.2) is 14.5 Å². The van der Waals surface area contributed by atoms with E-state index in [0.29, 0.717) is 11.3 Å². The predicted octanol–water partition coefficient (Wildman–Crippen LogP) is 5.04. The van der Waals surface area contributed by atoms with Gasteiger partial charge in [0.15, 0.2) is 0 Å². The van der Waals surface area contributed by atoms with Crippen LogP contribution < -0.4 is 10.2 Å². The van der Waals surface area contributed by atoms with Gasteiger partial charge >= 0.3 is 12.0 Å². The fraction of sp³-hybridized carbons (Fsp3) is 0.0435. The van der Waals surface area contributed by atoms with Crippen LogP contribution in [0.2, 0.25) is 5.02 Å². The quantitative estimate of drug-likeness (QED) is 0.361. The minimum atomic E-state index is -1.13. The molecule has 1 aliphatic rings. The van der Waals surface area contributed by atoms with Crippen LogP contribution in [0.1, 0.15) is 21.7 Å². The number of carbonyl (C=O) groups is 4. The Balaban J connectivity index is 1.70. The second-order valence-electron chi connectivity index (χ2n) is 7.09. The lowest BCUT2D eigenvalue weighted by Gasteiger charge is -2.26. The second-order valence-corrected chi connectivity index (χ2v) is 8.35. The number of halogens is 2. The maximum atomic E-state index is 13.0. The van der Waals surface area contributed by atoms with Gasteiger partial charge in [0.25, 0.3) is 11.8 Å². The molecule has 8 nitrogen and oxygen atoms in total. The van der Waals surface area contributed by atoms with Crippen LogP contribution in [-0.2, 0) is 9.59 Å². The molecule has 10 heteroatoms. The van der Waals surface area contributed by atoms with Crippen molar-refractivity contribution in [2.75, 3.05) is 4.90 Å². The van der Waals surface area contributed by atoms with Crippen LogP contribution >= 0.6 is 27.5 Å². The summed E-state index contributed by atoms with van der Waals surface area (Å²) < 4.78 is 6.49. The van der Waals surface area contributed by atoms with Crippen molar-refractivity contribution in [3.05, 3.63) is 80.5 Å². The lowest BCUT2D eigenvalue weighted by Crippen LogP contribution is -2.54. The van der Waals surface area contributed by atoms with Gasteiger partial charge in [-0.2, -0.15) is 0 Å². The summed E-state index contributed by atoms with van der Waals surface area (Å²) in [5, 5.41) is 11.6. The van der Waals surface area contributed by atoms with E-state index in [-0.39, 0.29) is 27.7 Å². The molecule has 2 N–H and O–H groups in total. The third-order valence-electron chi connectivity index (χ3n) is 4.89. The normalized spacial score (nSPS) is 15.2. The van der Waals surface area contributed by atoms with Crippen LogP contribution in [0.25, 0.3) is 17.4 Å². The molecule has 1 fully saturated rings. The molecule has 0 spiro atoms. The zero-order valence-electron chi connectivity index (χ0n) is 16.9. The Bertz CT molecular complexity index is 1380. The van der Waals surface area contributed by atoms with Gasteiger partial charge in [-0.15, -0.1) is 0 Å². The molecule has 1 aliphatic heterocycles. The van der Waals surface area contributed by atoms with Gasteiger partial charge in [-0.05, 0) is 67.1 Å². The van der Waals surface area contributed by atoms with Crippen LogP contribution in [-0.4, -0.2) is 28.9 Å². The lowest BCUT2D eigenvalue weighted by molar-refractivity contribution is -0.122. The van der Waals surface area contributed by atoms with Crippen molar-refractivity contribution in [1.82, 2.24) is 5.32 Å². The zero-order chi connectivity index (χ0) is 23.9. The number of carboxylic acid groups (broad SMARTS) is 1. The molecule has 4 amide bonds. The van der Waals surface area contributed by atoms with Gasteiger partial charge in [-0.3, -0.25) is 14.9 Å². The number of hydrogen-bond acceptors (Lipinski definition) is 5. The third-order valence-corrected chi connectivity index (χ3v) is 6.11. The van der Waals surface area contributed by atoms with E-state index in [1.165, 1.54) is 36.4 Å². The van der Waals surface area contributed by atoms with E-state index >= 15 is 0 Å². The predicted molar refractivity (Wildman–Crippen MR) is 124 cm³/mol. The number of urea groups is 1. The Hall–Kier alpha value is -3.69. The number of barbiturate groups is 1. The number of aryl methyl sites for hydroxylation is 1. The highest BCUT2D eigenvalue weighted by atomic mass is 79.9. The monoisotopic (exact) mass is 528 g/mol. The molecular weight excluding hydrogens is 516 g/mol. The topological polar surface area (TPSA) is 117 Å². The Morgan fingerprint density at radius 3 is 2.58 bits per heavy atom. The van der Waals surface area contributed by atoms with Crippen molar-refractivity contribution >= 4 is 63.1 Å². The summed E-state index contributed by atoms with van der Waals surface area (Å²) >= 11 is 9.54. The molecule has 1 saturated heterocycles. The Kier molecular flexibility index (Phi) is 5.92. The van der Waals surface area contributed by atoms with Crippen LogP contribution in [0.5, 0.6) is 0 Å². The van der Waals surface area contributed by atoms with E-state index in [2.05, 4.69) is 21.2 Å². The largest absolute Gasteiger partial charge is 0.478 e. The highest BCUT2D eigenvalue weighted by Gasteiger charge is 2.37. The first-order valence-electron chi connectivity index (χ1n) is 9.46. The Labute approximate surface area is 200 Å². The van der Waals surface area contributed by atoms with Gasteiger partial charge in [0.1, 0.15) is 17.1 Å². The molecule has 1 aromatic heterocycles. The highest BCUT2D eigenvalue weighted by molar-refractivity contribution is 9.10. The smallest absolute Gasteiger partial charge is 0.335 e. The molecule has 3 aromatic rings. The molecule has 2 aromatic carbocycles. The number of anilines is 1. The van der Waals surface area contributed by atoms with Crippen molar-refractivity contribution in [1.29, 1.82) is 0 Å². The van der Waals surface area contributed by atoms with E-state index in [1.54, 1.807) is 25.1 Å². The van der Waals surface area contributed by atoms with Crippen LogP contribution in [0.3, 0.4) is 0 Å².